The summed E-state index contributed by atoms with van der Waals surface area (Å²) in [5.41, 5.74) is 0.0504. The van der Waals surface area contributed by atoms with E-state index in [1.807, 2.05) is 0 Å². The molecule has 0 fully saturated rings. The van der Waals surface area contributed by atoms with E-state index < -0.39 is 11.7 Å². The number of rotatable bonds is 4. The van der Waals surface area contributed by atoms with Crippen LogP contribution in [0.25, 0.3) is 0 Å². The van der Waals surface area contributed by atoms with Gasteiger partial charge in [-0.3, -0.25) is 5.32 Å². The first kappa shape index (κ1) is 14.3. The predicted molar refractivity (Wildman–Crippen MR) is 68.9 cm³/mol. The number of carbonyl (C=O) groups is 1. The van der Waals surface area contributed by atoms with Gasteiger partial charge in [-0.1, -0.05) is 6.07 Å². The molecule has 0 aliphatic carbocycles. The van der Waals surface area contributed by atoms with Crippen LogP contribution in [-0.4, -0.2) is 30.0 Å². The fourth-order valence-corrected chi connectivity index (χ4v) is 1.25. The maximum atomic E-state index is 11.5. The first-order chi connectivity index (χ1) is 8.40. The first-order valence-corrected chi connectivity index (χ1v) is 5.74. The molecule has 5 nitrogen and oxygen atoms in total. The number of nitrogens with one attached hydrogen (secondary N) is 1. The topological polar surface area (TPSA) is 67.8 Å². The van der Waals surface area contributed by atoms with Crippen molar-refractivity contribution in [3.8, 4) is 5.75 Å². The average Bonchev–Trinajstić information content (AvgIpc) is 2.24. The number of ether oxygens (including phenoxy) is 2. The Labute approximate surface area is 107 Å². The van der Waals surface area contributed by atoms with E-state index in [0.717, 1.165) is 0 Å². The highest BCUT2D eigenvalue weighted by atomic mass is 16.6. The summed E-state index contributed by atoms with van der Waals surface area (Å²) in [5.74, 6) is 0.581. The lowest BCUT2D eigenvalue weighted by atomic mass is 10.2. The van der Waals surface area contributed by atoms with Crippen LogP contribution in [0.1, 0.15) is 20.8 Å². The first-order valence-electron chi connectivity index (χ1n) is 5.74. The van der Waals surface area contributed by atoms with Crippen LogP contribution in [0.2, 0.25) is 0 Å². The third-order valence-corrected chi connectivity index (χ3v) is 1.84. The van der Waals surface area contributed by atoms with Gasteiger partial charge in [0, 0.05) is 11.8 Å². The molecule has 1 aromatic rings. The predicted octanol–water partition coefficient (Wildman–Crippen LogP) is 2.40. The lowest BCUT2D eigenvalue weighted by Gasteiger charge is -2.19. The van der Waals surface area contributed by atoms with E-state index in [1.54, 1.807) is 45.0 Å². The summed E-state index contributed by atoms with van der Waals surface area (Å²) in [7, 11) is 0. The Balaban J connectivity index is 2.59. The highest BCUT2D eigenvalue weighted by Gasteiger charge is 2.16. The van der Waals surface area contributed by atoms with Gasteiger partial charge < -0.3 is 14.6 Å². The summed E-state index contributed by atoms with van der Waals surface area (Å²) in [5, 5.41) is 11.3. The third-order valence-electron chi connectivity index (χ3n) is 1.84. The molecule has 0 aromatic heterocycles. The van der Waals surface area contributed by atoms with E-state index in [1.165, 1.54) is 0 Å². The van der Waals surface area contributed by atoms with Gasteiger partial charge >= 0.3 is 6.09 Å². The van der Waals surface area contributed by atoms with Gasteiger partial charge in [0.15, 0.2) is 0 Å². The van der Waals surface area contributed by atoms with Gasteiger partial charge in [0.25, 0.3) is 0 Å². The molecular formula is C13H19NO4. The van der Waals surface area contributed by atoms with Crippen LogP contribution in [0.4, 0.5) is 10.5 Å². The van der Waals surface area contributed by atoms with Crippen LogP contribution < -0.4 is 10.1 Å². The van der Waals surface area contributed by atoms with Gasteiger partial charge in [-0.15, -0.1) is 0 Å². The number of hydrogen-bond donors (Lipinski definition) is 2. The van der Waals surface area contributed by atoms with Gasteiger partial charge in [-0.2, -0.15) is 0 Å². The molecule has 0 aliphatic heterocycles. The molecule has 18 heavy (non-hydrogen) atoms. The van der Waals surface area contributed by atoms with Crippen molar-refractivity contribution in [1.82, 2.24) is 0 Å². The Hall–Kier alpha value is -1.75. The molecule has 1 amide bonds. The van der Waals surface area contributed by atoms with Gasteiger partial charge in [0.2, 0.25) is 0 Å². The van der Waals surface area contributed by atoms with Crippen molar-refractivity contribution >= 4 is 11.8 Å². The number of aliphatic hydroxyl groups excluding tert-OH is 1. The molecular weight excluding hydrogens is 234 g/mol. The highest BCUT2D eigenvalue weighted by molar-refractivity contribution is 5.85. The van der Waals surface area contributed by atoms with E-state index >= 15 is 0 Å². The summed E-state index contributed by atoms with van der Waals surface area (Å²) in [6.07, 6.45) is -0.512. The standard InChI is InChI=1S/C13H19NO4/c1-13(2,3)18-12(16)14-10-5-4-6-11(9-10)17-8-7-15/h4-6,9,15H,7-8H2,1-3H3,(H,14,16). The molecule has 0 aliphatic rings. The quantitative estimate of drug-likeness (QED) is 0.864. The minimum Gasteiger partial charge on any atom is -0.491 e. The van der Waals surface area contributed by atoms with Crippen LogP contribution in [-0.2, 0) is 4.74 Å². The minimum absolute atomic E-state index is 0.0519. The van der Waals surface area contributed by atoms with Gasteiger partial charge in [0.1, 0.15) is 18.0 Å². The fraction of sp³-hybridized carbons (Fsp3) is 0.462. The van der Waals surface area contributed by atoms with Crippen LogP contribution in [0, 0.1) is 0 Å². The summed E-state index contributed by atoms with van der Waals surface area (Å²) in [4.78, 5) is 11.5. The van der Waals surface area contributed by atoms with Crippen LogP contribution in [0.3, 0.4) is 0 Å². The fourth-order valence-electron chi connectivity index (χ4n) is 1.25. The van der Waals surface area contributed by atoms with Crippen molar-refractivity contribution in [1.29, 1.82) is 0 Å². The Kier molecular flexibility index (Phi) is 4.97. The number of hydrogen-bond acceptors (Lipinski definition) is 4. The molecule has 2 N–H and O–H groups in total. The van der Waals surface area contributed by atoms with E-state index in [0.29, 0.717) is 11.4 Å². The summed E-state index contributed by atoms with van der Waals surface area (Å²) >= 11 is 0. The zero-order valence-corrected chi connectivity index (χ0v) is 10.9. The summed E-state index contributed by atoms with van der Waals surface area (Å²) in [6.45, 7) is 5.56. The molecule has 0 saturated heterocycles. The van der Waals surface area contributed by atoms with Crippen molar-refractivity contribution < 1.29 is 19.4 Å². The van der Waals surface area contributed by atoms with Crippen LogP contribution in [0.5, 0.6) is 5.75 Å². The maximum Gasteiger partial charge on any atom is 0.412 e. The number of aliphatic hydroxyl groups is 1. The van der Waals surface area contributed by atoms with Crippen molar-refractivity contribution in [3.63, 3.8) is 0 Å². The Morgan fingerprint density at radius 3 is 2.72 bits per heavy atom. The Morgan fingerprint density at radius 2 is 2.11 bits per heavy atom. The number of anilines is 1. The molecule has 100 valence electrons. The SMILES string of the molecule is CC(C)(C)OC(=O)Nc1cccc(OCCO)c1. The highest BCUT2D eigenvalue weighted by Crippen LogP contribution is 2.18. The van der Waals surface area contributed by atoms with Crippen molar-refractivity contribution in [3.05, 3.63) is 24.3 Å². The van der Waals surface area contributed by atoms with Gasteiger partial charge in [0.05, 0.1) is 6.61 Å². The normalized spacial score (nSPS) is 10.9. The molecule has 1 aromatic carbocycles. The minimum atomic E-state index is -0.533. The monoisotopic (exact) mass is 253 g/mol. The molecule has 0 spiro atoms. The van der Waals surface area contributed by atoms with Crippen molar-refractivity contribution in [2.75, 3.05) is 18.5 Å². The van der Waals surface area contributed by atoms with Crippen LogP contribution >= 0.6 is 0 Å². The van der Waals surface area contributed by atoms with Crippen LogP contribution in [0.15, 0.2) is 24.3 Å². The Bertz CT molecular complexity index is 398. The molecule has 0 heterocycles. The van der Waals surface area contributed by atoms with E-state index in [2.05, 4.69) is 5.32 Å². The van der Waals surface area contributed by atoms with E-state index in [4.69, 9.17) is 14.6 Å². The second-order valence-electron chi connectivity index (χ2n) is 4.73. The zero-order chi connectivity index (χ0) is 13.6. The van der Waals surface area contributed by atoms with E-state index in [-0.39, 0.29) is 13.2 Å². The number of amides is 1. The molecule has 5 heteroatoms. The molecule has 0 radical (unpaired) electrons. The van der Waals surface area contributed by atoms with E-state index in [9.17, 15) is 4.79 Å². The van der Waals surface area contributed by atoms with Crippen molar-refractivity contribution in [2.24, 2.45) is 0 Å². The van der Waals surface area contributed by atoms with Crippen molar-refractivity contribution in [2.45, 2.75) is 26.4 Å². The molecule has 1 rings (SSSR count). The molecule has 0 unspecified atom stereocenters. The second kappa shape index (κ2) is 6.26. The zero-order valence-electron chi connectivity index (χ0n) is 10.9. The third kappa shape index (κ3) is 5.54. The largest absolute Gasteiger partial charge is 0.491 e. The van der Waals surface area contributed by atoms with Gasteiger partial charge in [-0.25, -0.2) is 4.79 Å². The number of carbonyl (C=O) groups excluding carboxylic acids is 1. The summed E-state index contributed by atoms with van der Waals surface area (Å²) in [6, 6.07) is 6.89. The smallest absolute Gasteiger partial charge is 0.412 e. The lowest BCUT2D eigenvalue weighted by molar-refractivity contribution is 0.0636. The Morgan fingerprint density at radius 1 is 1.39 bits per heavy atom. The molecule has 0 atom stereocenters. The second-order valence-corrected chi connectivity index (χ2v) is 4.73. The maximum absolute atomic E-state index is 11.5. The van der Waals surface area contributed by atoms with Gasteiger partial charge in [-0.05, 0) is 32.9 Å². The molecule has 0 saturated carbocycles. The lowest BCUT2D eigenvalue weighted by Crippen LogP contribution is -2.27. The average molecular weight is 253 g/mol. The summed E-state index contributed by atoms with van der Waals surface area (Å²) < 4.78 is 10.4. The molecule has 0 bridgehead atoms. The number of benzene rings is 1.